The molecular weight excluding hydrogens is 334 g/mol. The van der Waals surface area contributed by atoms with Gasteiger partial charge in [0.15, 0.2) is 0 Å². The van der Waals surface area contributed by atoms with Gasteiger partial charge in [0.2, 0.25) is 0 Å². The summed E-state index contributed by atoms with van der Waals surface area (Å²) in [6.07, 6.45) is 8.86. The number of nitrogens with two attached hydrogens (primary N) is 1. The highest BCUT2D eigenvalue weighted by atomic mass is 79.9. The summed E-state index contributed by atoms with van der Waals surface area (Å²) in [4.78, 5) is 4.16. The molecule has 0 spiro atoms. The summed E-state index contributed by atoms with van der Waals surface area (Å²) in [6.45, 7) is 4.16. The van der Waals surface area contributed by atoms with Crippen molar-refractivity contribution in [3.05, 3.63) is 46.7 Å². The molecule has 0 saturated heterocycles. The Labute approximate surface area is 130 Å². The SMILES string of the molecule is CC(C)n1ncc(Br)c1C(NN)c1cnn2ccncc12. The zero-order chi connectivity index (χ0) is 15.0. The normalized spacial score (nSPS) is 13.2. The molecule has 0 radical (unpaired) electrons. The Kier molecular flexibility index (Phi) is 3.75. The van der Waals surface area contributed by atoms with Crippen LogP contribution in [0.3, 0.4) is 0 Å². The first-order valence-corrected chi connectivity index (χ1v) is 7.39. The first-order chi connectivity index (χ1) is 10.1. The average Bonchev–Trinajstić information content (AvgIpc) is 3.06. The van der Waals surface area contributed by atoms with E-state index in [0.717, 1.165) is 21.2 Å². The van der Waals surface area contributed by atoms with Gasteiger partial charge >= 0.3 is 0 Å². The first kappa shape index (κ1) is 14.2. The molecule has 0 fully saturated rings. The number of rotatable bonds is 4. The summed E-state index contributed by atoms with van der Waals surface area (Å²) in [7, 11) is 0. The molecule has 1 atom stereocenters. The van der Waals surface area contributed by atoms with E-state index in [1.54, 1.807) is 35.5 Å². The highest BCUT2D eigenvalue weighted by Crippen LogP contribution is 2.31. The van der Waals surface area contributed by atoms with Crippen LogP contribution in [0.15, 0.2) is 35.5 Å². The zero-order valence-electron chi connectivity index (χ0n) is 11.7. The Hall–Kier alpha value is -1.77. The Morgan fingerprint density at radius 1 is 1.24 bits per heavy atom. The van der Waals surface area contributed by atoms with Crippen LogP contribution >= 0.6 is 15.9 Å². The van der Waals surface area contributed by atoms with Crippen molar-refractivity contribution in [2.45, 2.75) is 25.9 Å². The van der Waals surface area contributed by atoms with Crippen molar-refractivity contribution >= 4 is 21.4 Å². The molecule has 0 aromatic carbocycles. The largest absolute Gasteiger partial charge is 0.271 e. The molecule has 0 saturated carbocycles. The molecule has 7 nitrogen and oxygen atoms in total. The van der Waals surface area contributed by atoms with E-state index in [0.29, 0.717) is 0 Å². The van der Waals surface area contributed by atoms with E-state index in [2.05, 4.69) is 50.4 Å². The number of fused-ring (bicyclic) bond motifs is 1. The highest BCUT2D eigenvalue weighted by Gasteiger charge is 2.25. The zero-order valence-corrected chi connectivity index (χ0v) is 13.3. The minimum Gasteiger partial charge on any atom is -0.271 e. The van der Waals surface area contributed by atoms with Crippen molar-refractivity contribution in [1.29, 1.82) is 0 Å². The van der Waals surface area contributed by atoms with E-state index in [1.807, 2.05) is 4.68 Å². The van der Waals surface area contributed by atoms with Crippen molar-refractivity contribution in [3.8, 4) is 0 Å². The van der Waals surface area contributed by atoms with Crippen molar-refractivity contribution in [2.24, 2.45) is 5.84 Å². The van der Waals surface area contributed by atoms with Crippen LogP contribution in [0.1, 0.15) is 37.2 Å². The topological polar surface area (TPSA) is 86.1 Å². The first-order valence-electron chi connectivity index (χ1n) is 6.59. The predicted octanol–water partition coefficient (Wildman–Crippen LogP) is 1.82. The summed E-state index contributed by atoms with van der Waals surface area (Å²) in [5.41, 5.74) is 5.69. The third-order valence-corrected chi connectivity index (χ3v) is 3.99. The van der Waals surface area contributed by atoms with Crippen LogP contribution in [0, 0.1) is 0 Å². The second-order valence-electron chi connectivity index (χ2n) is 5.02. The van der Waals surface area contributed by atoms with Gasteiger partial charge in [-0.15, -0.1) is 0 Å². The fraction of sp³-hybridized carbons (Fsp3) is 0.308. The average molecular weight is 350 g/mol. The molecule has 0 bridgehead atoms. The van der Waals surface area contributed by atoms with Gasteiger partial charge in [-0.05, 0) is 29.8 Å². The summed E-state index contributed by atoms with van der Waals surface area (Å²) in [5, 5.41) is 8.74. The van der Waals surface area contributed by atoms with Crippen LogP contribution < -0.4 is 11.3 Å². The number of hydrazine groups is 1. The third kappa shape index (κ3) is 2.35. The molecule has 0 aliphatic rings. The minimum absolute atomic E-state index is 0.224. The van der Waals surface area contributed by atoms with E-state index in [9.17, 15) is 0 Å². The van der Waals surface area contributed by atoms with Gasteiger partial charge in [0.1, 0.15) is 0 Å². The van der Waals surface area contributed by atoms with Crippen LogP contribution in [0.2, 0.25) is 0 Å². The summed E-state index contributed by atoms with van der Waals surface area (Å²) < 4.78 is 4.62. The van der Waals surface area contributed by atoms with E-state index in [4.69, 9.17) is 5.84 Å². The van der Waals surface area contributed by atoms with E-state index >= 15 is 0 Å². The van der Waals surface area contributed by atoms with Gasteiger partial charge < -0.3 is 0 Å². The Morgan fingerprint density at radius 2 is 2.05 bits per heavy atom. The Bertz CT molecular complexity index is 761. The van der Waals surface area contributed by atoms with Crippen LogP contribution in [-0.2, 0) is 0 Å². The molecular formula is C13H16BrN7. The standard InChI is InChI=1S/C13H16BrN7/c1-8(2)21-13(10(14)6-18-21)12(19-15)9-5-17-20-4-3-16-7-11(9)20/h3-8,12,19H,15H2,1-2H3. The molecule has 0 aliphatic carbocycles. The number of nitrogens with zero attached hydrogens (tertiary/aromatic N) is 5. The lowest BCUT2D eigenvalue weighted by Gasteiger charge is -2.19. The number of hydrogen-bond donors (Lipinski definition) is 2. The van der Waals surface area contributed by atoms with Gasteiger partial charge in [0.05, 0.1) is 40.3 Å². The molecule has 110 valence electrons. The summed E-state index contributed by atoms with van der Waals surface area (Å²) >= 11 is 3.55. The maximum absolute atomic E-state index is 5.81. The lowest BCUT2D eigenvalue weighted by atomic mass is 10.1. The maximum Gasteiger partial charge on any atom is 0.0927 e. The number of halogens is 1. The van der Waals surface area contributed by atoms with Crippen molar-refractivity contribution in [1.82, 2.24) is 29.8 Å². The smallest absolute Gasteiger partial charge is 0.0927 e. The van der Waals surface area contributed by atoms with Crippen LogP contribution in [0.25, 0.3) is 5.52 Å². The monoisotopic (exact) mass is 349 g/mol. The molecule has 21 heavy (non-hydrogen) atoms. The molecule has 3 aromatic rings. The molecule has 3 N–H and O–H groups in total. The van der Waals surface area contributed by atoms with Crippen LogP contribution in [0.5, 0.6) is 0 Å². The number of nitrogens with one attached hydrogen (secondary N) is 1. The quantitative estimate of drug-likeness (QED) is 0.554. The fourth-order valence-electron chi connectivity index (χ4n) is 2.42. The molecule has 0 amide bonds. The van der Waals surface area contributed by atoms with E-state index < -0.39 is 0 Å². The molecule has 3 heterocycles. The van der Waals surface area contributed by atoms with Crippen LogP contribution in [-0.4, -0.2) is 24.4 Å². The van der Waals surface area contributed by atoms with Crippen LogP contribution in [0.4, 0.5) is 0 Å². The van der Waals surface area contributed by atoms with Gasteiger partial charge in [-0.1, -0.05) is 0 Å². The lowest BCUT2D eigenvalue weighted by Crippen LogP contribution is -2.31. The minimum atomic E-state index is -0.231. The maximum atomic E-state index is 5.81. The molecule has 3 aromatic heterocycles. The summed E-state index contributed by atoms with van der Waals surface area (Å²) in [5.74, 6) is 5.81. The van der Waals surface area contributed by atoms with Gasteiger partial charge in [-0.2, -0.15) is 10.2 Å². The van der Waals surface area contributed by atoms with Crippen molar-refractivity contribution in [3.63, 3.8) is 0 Å². The lowest BCUT2D eigenvalue weighted by molar-refractivity contribution is 0.476. The Morgan fingerprint density at radius 3 is 2.76 bits per heavy atom. The highest BCUT2D eigenvalue weighted by molar-refractivity contribution is 9.10. The molecule has 3 rings (SSSR count). The molecule has 1 unspecified atom stereocenters. The Balaban J connectivity index is 2.17. The van der Waals surface area contributed by atoms with Gasteiger partial charge in [-0.3, -0.25) is 15.5 Å². The second kappa shape index (κ2) is 5.55. The second-order valence-corrected chi connectivity index (χ2v) is 5.88. The predicted molar refractivity (Wildman–Crippen MR) is 82.5 cm³/mol. The van der Waals surface area contributed by atoms with E-state index in [1.165, 1.54) is 0 Å². The van der Waals surface area contributed by atoms with E-state index in [-0.39, 0.29) is 12.1 Å². The fourth-order valence-corrected chi connectivity index (χ4v) is 2.93. The van der Waals surface area contributed by atoms with Crippen molar-refractivity contribution < 1.29 is 0 Å². The van der Waals surface area contributed by atoms with Crippen molar-refractivity contribution in [2.75, 3.05) is 0 Å². The summed E-state index contributed by atoms with van der Waals surface area (Å²) in [6, 6.07) is -0.00640. The third-order valence-electron chi connectivity index (χ3n) is 3.38. The van der Waals surface area contributed by atoms with Gasteiger partial charge in [-0.25, -0.2) is 9.94 Å². The molecule has 0 aliphatic heterocycles. The number of aromatic nitrogens is 5. The number of hydrogen-bond acceptors (Lipinski definition) is 5. The molecule has 8 heteroatoms. The van der Waals surface area contributed by atoms with Gasteiger partial charge in [0.25, 0.3) is 0 Å². The van der Waals surface area contributed by atoms with Gasteiger partial charge in [0, 0.05) is 24.0 Å².